The van der Waals surface area contributed by atoms with E-state index in [1.165, 1.54) is 4.90 Å². The van der Waals surface area contributed by atoms with Crippen LogP contribution in [0.4, 0.5) is 4.79 Å². The minimum atomic E-state index is -1.07. The highest BCUT2D eigenvalue weighted by Crippen LogP contribution is 2.40. The molecule has 2 aliphatic heterocycles. The first-order valence-electron chi connectivity index (χ1n) is 15.2. The summed E-state index contributed by atoms with van der Waals surface area (Å²) < 4.78 is 5.05. The molecule has 0 aromatic heterocycles. The van der Waals surface area contributed by atoms with Gasteiger partial charge >= 0.3 is 6.09 Å². The van der Waals surface area contributed by atoms with E-state index >= 15 is 0 Å². The van der Waals surface area contributed by atoms with Gasteiger partial charge in [-0.05, 0) is 43.7 Å². The Labute approximate surface area is 262 Å². The molecule has 0 bridgehead atoms. The number of likely N-dealkylation sites (tertiary alicyclic amines) is 1. The summed E-state index contributed by atoms with van der Waals surface area (Å²) >= 11 is 6.20. The summed E-state index contributed by atoms with van der Waals surface area (Å²) in [6.45, 7) is 9.01. The van der Waals surface area contributed by atoms with Gasteiger partial charge in [-0.15, -0.1) is 0 Å². The second-order valence-electron chi connectivity index (χ2n) is 12.8. The second-order valence-corrected chi connectivity index (χ2v) is 13.2. The quantitative estimate of drug-likeness (QED) is 0.317. The number of amides is 4. The van der Waals surface area contributed by atoms with Crippen LogP contribution in [-0.2, 0) is 28.8 Å². The Morgan fingerprint density at radius 2 is 1.89 bits per heavy atom. The number of rotatable bonds is 11. The van der Waals surface area contributed by atoms with Crippen molar-refractivity contribution in [2.24, 2.45) is 10.6 Å². The van der Waals surface area contributed by atoms with E-state index in [4.69, 9.17) is 21.2 Å². The number of benzene rings is 1. The van der Waals surface area contributed by atoms with E-state index in [9.17, 15) is 24.0 Å². The molecule has 1 saturated carbocycles. The highest BCUT2D eigenvalue weighted by atomic mass is 35.5. The summed E-state index contributed by atoms with van der Waals surface area (Å²) in [6.07, 6.45) is 2.05. The van der Waals surface area contributed by atoms with Gasteiger partial charge in [0.05, 0.1) is 24.9 Å². The molecule has 1 aliphatic carbocycles. The number of halogens is 1. The van der Waals surface area contributed by atoms with Crippen LogP contribution in [0.5, 0.6) is 0 Å². The van der Waals surface area contributed by atoms with E-state index in [2.05, 4.69) is 21.1 Å². The Morgan fingerprint density at radius 1 is 1.16 bits per heavy atom. The molecule has 3 N–H and O–H groups in total. The van der Waals surface area contributed by atoms with Crippen molar-refractivity contribution in [3.05, 3.63) is 34.9 Å². The van der Waals surface area contributed by atoms with E-state index in [0.717, 1.165) is 18.4 Å². The molecule has 3 aliphatic rings. The molecule has 1 saturated heterocycles. The number of carbonyl (C=O) groups is 5. The lowest BCUT2D eigenvalue weighted by Gasteiger charge is -2.35. The van der Waals surface area contributed by atoms with Gasteiger partial charge < -0.3 is 30.4 Å². The van der Waals surface area contributed by atoms with E-state index in [-0.39, 0.29) is 32.0 Å². The Balaban J connectivity index is 1.61. The molecule has 1 aromatic carbocycles. The highest BCUT2D eigenvalue weighted by molar-refractivity contribution is 6.38. The number of ketones is 1. The molecule has 13 heteroatoms. The van der Waals surface area contributed by atoms with E-state index in [0.29, 0.717) is 23.6 Å². The molecule has 2 fully saturated rings. The van der Waals surface area contributed by atoms with Crippen LogP contribution in [-0.4, -0.2) is 83.1 Å². The number of hydrogen-bond donors (Lipinski definition) is 3. The van der Waals surface area contributed by atoms with Crippen molar-refractivity contribution < 1.29 is 33.5 Å². The van der Waals surface area contributed by atoms with Crippen molar-refractivity contribution >= 4 is 46.9 Å². The fourth-order valence-electron chi connectivity index (χ4n) is 5.53. The smallest absolute Gasteiger partial charge is 0.407 e. The molecule has 0 unspecified atom stereocenters. The molecular formula is C31H42ClN5O7. The maximum Gasteiger partial charge on any atom is 0.407 e. The largest absolute Gasteiger partial charge is 0.450 e. The third kappa shape index (κ3) is 7.88. The summed E-state index contributed by atoms with van der Waals surface area (Å²) in [5.41, 5.74) is -0.406. The first-order valence-corrected chi connectivity index (χ1v) is 15.5. The van der Waals surface area contributed by atoms with Gasteiger partial charge in [0, 0.05) is 29.5 Å². The van der Waals surface area contributed by atoms with Crippen LogP contribution in [0.2, 0.25) is 5.02 Å². The van der Waals surface area contributed by atoms with E-state index < -0.39 is 58.7 Å². The molecule has 1 aromatic rings. The SMILES string of the molecule is CCC[C@H](NC(=O)[C@@H]1C[C@]2(CC(c3cccc(Cl)c3)=NO2)CN1C(=O)[C@@H](NC(=O)OCC)C(C)(C)C)C(=O)C(=O)NC1CC1. The van der Waals surface area contributed by atoms with Crippen LogP contribution < -0.4 is 16.0 Å². The molecule has 240 valence electrons. The summed E-state index contributed by atoms with van der Waals surface area (Å²) in [4.78, 5) is 73.5. The van der Waals surface area contributed by atoms with E-state index in [1.54, 1.807) is 45.9 Å². The molecule has 4 atom stereocenters. The summed E-state index contributed by atoms with van der Waals surface area (Å²) in [5, 5.41) is 12.9. The fourth-order valence-corrected chi connectivity index (χ4v) is 5.72. The third-order valence-electron chi connectivity index (χ3n) is 7.98. The van der Waals surface area contributed by atoms with Gasteiger partial charge in [0.1, 0.15) is 12.1 Å². The lowest BCUT2D eigenvalue weighted by atomic mass is 9.85. The number of hydrogen-bond acceptors (Lipinski definition) is 8. The lowest BCUT2D eigenvalue weighted by Crippen LogP contribution is -2.59. The van der Waals surface area contributed by atoms with Crippen LogP contribution in [0.25, 0.3) is 0 Å². The van der Waals surface area contributed by atoms with E-state index in [1.807, 2.05) is 13.0 Å². The Morgan fingerprint density at radius 3 is 2.50 bits per heavy atom. The predicted molar refractivity (Wildman–Crippen MR) is 163 cm³/mol. The Hall–Kier alpha value is -3.67. The Kier molecular flexibility index (Phi) is 10.2. The monoisotopic (exact) mass is 631 g/mol. The number of ether oxygens (including phenoxy) is 1. The minimum absolute atomic E-state index is 0.00310. The minimum Gasteiger partial charge on any atom is -0.450 e. The van der Waals surface area contributed by atoms with Crippen LogP contribution in [0.1, 0.15) is 78.7 Å². The number of nitrogens with zero attached hydrogens (tertiary/aromatic N) is 2. The third-order valence-corrected chi connectivity index (χ3v) is 8.22. The van der Waals surface area contributed by atoms with Gasteiger partial charge in [-0.3, -0.25) is 19.2 Å². The van der Waals surface area contributed by atoms with Crippen molar-refractivity contribution in [2.75, 3.05) is 13.2 Å². The summed E-state index contributed by atoms with van der Waals surface area (Å²) in [5.74, 6) is -2.55. The van der Waals surface area contributed by atoms with Gasteiger partial charge in [0.15, 0.2) is 5.60 Å². The van der Waals surface area contributed by atoms with Crippen molar-refractivity contribution in [3.63, 3.8) is 0 Å². The summed E-state index contributed by atoms with van der Waals surface area (Å²) in [7, 11) is 0. The van der Waals surface area contributed by atoms with Crippen LogP contribution in [0.15, 0.2) is 29.4 Å². The number of carbonyl (C=O) groups excluding carboxylic acids is 5. The normalized spacial score (nSPS) is 22.5. The summed E-state index contributed by atoms with van der Waals surface area (Å²) in [6, 6.07) is 3.98. The zero-order valence-electron chi connectivity index (χ0n) is 25.9. The average Bonchev–Trinajstić information content (AvgIpc) is 3.55. The van der Waals surface area contributed by atoms with Gasteiger partial charge in [-0.25, -0.2) is 4.79 Å². The lowest BCUT2D eigenvalue weighted by molar-refractivity contribution is -0.144. The number of Topliss-reactive ketones (excluding diaryl/α,β-unsaturated/α-hetero) is 1. The average molecular weight is 632 g/mol. The van der Waals surface area contributed by atoms with Gasteiger partial charge in [-0.1, -0.05) is 63.0 Å². The molecule has 4 amide bonds. The molecule has 44 heavy (non-hydrogen) atoms. The van der Waals surface area contributed by atoms with Gasteiger partial charge in [-0.2, -0.15) is 0 Å². The predicted octanol–water partition coefficient (Wildman–Crippen LogP) is 3.10. The van der Waals surface area contributed by atoms with Crippen LogP contribution in [0.3, 0.4) is 0 Å². The number of oxime groups is 1. The maximum absolute atomic E-state index is 14.2. The zero-order chi connectivity index (χ0) is 32.2. The molecule has 12 nitrogen and oxygen atoms in total. The zero-order valence-corrected chi connectivity index (χ0v) is 26.7. The van der Waals surface area contributed by atoms with Crippen molar-refractivity contribution in [2.45, 2.75) is 103 Å². The van der Waals surface area contributed by atoms with Crippen molar-refractivity contribution in [1.29, 1.82) is 0 Å². The molecule has 2 heterocycles. The first kappa shape index (κ1) is 33.2. The maximum atomic E-state index is 14.2. The highest BCUT2D eigenvalue weighted by Gasteiger charge is 2.55. The number of nitrogens with one attached hydrogen (secondary N) is 3. The molecular weight excluding hydrogens is 590 g/mol. The standard InChI is InChI=1S/C31H42ClN5O7/c1-6-9-21(24(38)27(40)33-20-12-13-20)34-26(39)23-16-31(15-22(36-44-31)18-10-8-11-19(32)14-18)17-37(23)28(41)25(30(3,4)5)35-29(42)43-7-2/h8,10-11,14,20-21,23,25H,6-7,9,12-13,15-17H2,1-5H3,(H,33,40)(H,34,39)(H,35,42)/t21-,23-,25+,31+/m0/s1. The van der Waals surface area contributed by atoms with Gasteiger partial charge in [0.25, 0.3) is 5.91 Å². The van der Waals surface area contributed by atoms with Crippen molar-refractivity contribution in [1.82, 2.24) is 20.9 Å². The first-order chi connectivity index (χ1) is 20.8. The molecule has 1 spiro atoms. The molecule has 4 rings (SSSR count). The van der Waals surface area contributed by atoms with Crippen LogP contribution in [0, 0.1) is 5.41 Å². The topological polar surface area (TPSA) is 156 Å². The Bertz CT molecular complexity index is 1320. The van der Waals surface area contributed by atoms with Gasteiger partial charge in [0.2, 0.25) is 17.6 Å². The molecule has 0 radical (unpaired) electrons. The van der Waals surface area contributed by atoms with Crippen LogP contribution >= 0.6 is 11.6 Å². The second kappa shape index (κ2) is 13.5. The number of alkyl carbamates (subject to hydrolysis) is 1. The van der Waals surface area contributed by atoms with Crippen molar-refractivity contribution in [3.8, 4) is 0 Å². The fraction of sp³-hybridized carbons (Fsp3) is 0.613.